The molecule has 0 bridgehead atoms. The lowest BCUT2D eigenvalue weighted by Crippen LogP contribution is -2.42. The molecule has 0 saturated carbocycles. The molecule has 1 atom stereocenters. The van der Waals surface area contributed by atoms with Crippen LogP contribution in [0.3, 0.4) is 0 Å². The van der Waals surface area contributed by atoms with E-state index in [0.29, 0.717) is 12.5 Å². The molecular formula is C20H30IN3O2S. The van der Waals surface area contributed by atoms with Crippen LogP contribution < -0.4 is 10.6 Å². The number of guanidine groups is 1. The van der Waals surface area contributed by atoms with Gasteiger partial charge in [0.05, 0.1) is 16.5 Å². The number of fused-ring (bicyclic) bond motifs is 1. The number of sulfone groups is 1. The SMILES string of the molecule is CN=C(NCCS(=O)(=O)C(C)(C)C)NC(C)c1ccc2ccccc2c1.I. The summed E-state index contributed by atoms with van der Waals surface area (Å²) in [6.07, 6.45) is 0. The molecule has 0 aliphatic heterocycles. The summed E-state index contributed by atoms with van der Waals surface area (Å²) in [4.78, 5) is 4.20. The molecule has 5 nitrogen and oxygen atoms in total. The summed E-state index contributed by atoms with van der Waals surface area (Å²) >= 11 is 0. The smallest absolute Gasteiger partial charge is 0.191 e. The summed E-state index contributed by atoms with van der Waals surface area (Å²) < 4.78 is 23.6. The first kappa shape index (κ1) is 23.7. The molecule has 0 spiro atoms. The van der Waals surface area contributed by atoms with Gasteiger partial charge in [0, 0.05) is 13.6 Å². The zero-order chi connectivity index (χ0) is 19.4. The summed E-state index contributed by atoms with van der Waals surface area (Å²) in [5.41, 5.74) is 1.15. The second kappa shape index (κ2) is 9.73. The Bertz CT molecular complexity index is 889. The van der Waals surface area contributed by atoms with Gasteiger partial charge in [0.2, 0.25) is 0 Å². The van der Waals surface area contributed by atoms with Crippen molar-refractivity contribution in [2.45, 2.75) is 38.5 Å². The van der Waals surface area contributed by atoms with Crippen molar-refractivity contribution in [3.05, 3.63) is 48.0 Å². The molecule has 2 rings (SSSR count). The molecule has 0 aliphatic carbocycles. The fourth-order valence-electron chi connectivity index (χ4n) is 2.57. The van der Waals surface area contributed by atoms with Crippen molar-refractivity contribution in [2.75, 3.05) is 19.3 Å². The van der Waals surface area contributed by atoms with Gasteiger partial charge < -0.3 is 10.6 Å². The normalized spacial score (nSPS) is 13.7. The van der Waals surface area contributed by atoms with Gasteiger partial charge >= 0.3 is 0 Å². The Morgan fingerprint density at radius 1 is 1.11 bits per heavy atom. The fourth-order valence-corrected chi connectivity index (χ4v) is 3.55. The number of hydrogen-bond acceptors (Lipinski definition) is 3. The van der Waals surface area contributed by atoms with Gasteiger partial charge in [0.15, 0.2) is 15.8 Å². The van der Waals surface area contributed by atoms with Crippen LogP contribution >= 0.6 is 24.0 Å². The number of benzene rings is 2. The van der Waals surface area contributed by atoms with Crippen LogP contribution in [-0.2, 0) is 9.84 Å². The van der Waals surface area contributed by atoms with E-state index in [1.807, 2.05) is 12.1 Å². The van der Waals surface area contributed by atoms with E-state index in [0.717, 1.165) is 5.56 Å². The minimum absolute atomic E-state index is 0. The first-order valence-corrected chi connectivity index (χ1v) is 10.5. The summed E-state index contributed by atoms with van der Waals surface area (Å²) in [6.45, 7) is 7.54. The monoisotopic (exact) mass is 503 g/mol. The minimum Gasteiger partial charge on any atom is -0.355 e. The van der Waals surface area contributed by atoms with Gasteiger partial charge in [0.1, 0.15) is 0 Å². The molecule has 7 heteroatoms. The molecule has 1 unspecified atom stereocenters. The molecule has 2 aromatic rings. The van der Waals surface area contributed by atoms with Crippen LogP contribution in [0.2, 0.25) is 0 Å². The predicted molar refractivity (Wildman–Crippen MR) is 126 cm³/mol. The number of nitrogens with one attached hydrogen (secondary N) is 2. The van der Waals surface area contributed by atoms with E-state index < -0.39 is 14.6 Å². The Hall–Kier alpha value is -1.35. The molecule has 0 radical (unpaired) electrons. The number of nitrogens with zero attached hydrogens (tertiary/aromatic N) is 1. The van der Waals surface area contributed by atoms with E-state index >= 15 is 0 Å². The second-order valence-electron chi connectivity index (χ2n) is 7.40. The van der Waals surface area contributed by atoms with Crippen molar-refractivity contribution in [3.8, 4) is 0 Å². The van der Waals surface area contributed by atoms with E-state index in [1.54, 1.807) is 27.8 Å². The highest BCUT2D eigenvalue weighted by Gasteiger charge is 2.28. The quantitative estimate of drug-likeness (QED) is 0.369. The lowest BCUT2D eigenvalue weighted by molar-refractivity contribution is 0.558. The maximum Gasteiger partial charge on any atom is 0.191 e. The summed E-state index contributed by atoms with van der Waals surface area (Å²) in [6, 6.07) is 14.6. The minimum atomic E-state index is -3.15. The van der Waals surface area contributed by atoms with Gasteiger partial charge in [-0.25, -0.2) is 8.42 Å². The van der Waals surface area contributed by atoms with Gasteiger partial charge in [0.25, 0.3) is 0 Å². The summed E-state index contributed by atoms with van der Waals surface area (Å²) in [5, 5.41) is 8.81. The standard InChI is InChI=1S/C20H29N3O2S.HI/c1-15(17-11-10-16-8-6-7-9-18(16)14-17)23-19(21-5)22-12-13-26(24,25)20(2,3)4;/h6-11,14-15H,12-13H2,1-5H3,(H2,21,22,23);1H. The van der Waals surface area contributed by atoms with Crippen LogP contribution in [0.5, 0.6) is 0 Å². The molecule has 27 heavy (non-hydrogen) atoms. The van der Waals surface area contributed by atoms with Crippen molar-refractivity contribution in [1.82, 2.24) is 10.6 Å². The van der Waals surface area contributed by atoms with Crippen LogP contribution in [0.15, 0.2) is 47.5 Å². The predicted octanol–water partition coefficient (Wildman–Crippen LogP) is 3.90. The first-order chi connectivity index (χ1) is 12.1. The van der Waals surface area contributed by atoms with E-state index in [4.69, 9.17) is 0 Å². The maximum atomic E-state index is 12.2. The third kappa shape index (κ3) is 6.34. The van der Waals surface area contributed by atoms with Crippen molar-refractivity contribution in [2.24, 2.45) is 4.99 Å². The Morgan fingerprint density at radius 2 is 1.74 bits per heavy atom. The van der Waals surface area contributed by atoms with Gasteiger partial charge in [-0.3, -0.25) is 4.99 Å². The molecular weight excluding hydrogens is 473 g/mol. The largest absolute Gasteiger partial charge is 0.355 e. The topological polar surface area (TPSA) is 70.6 Å². The van der Waals surface area contributed by atoms with Crippen molar-refractivity contribution in [3.63, 3.8) is 0 Å². The fraction of sp³-hybridized carbons (Fsp3) is 0.450. The van der Waals surface area contributed by atoms with Crippen molar-refractivity contribution < 1.29 is 8.42 Å². The molecule has 0 amide bonds. The van der Waals surface area contributed by atoms with Crippen LogP contribution in [0.25, 0.3) is 10.8 Å². The van der Waals surface area contributed by atoms with E-state index in [-0.39, 0.29) is 35.8 Å². The van der Waals surface area contributed by atoms with E-state index in [1.165, 1.54) is 10.8 Å². The second-order valence-corrected chi connectivity index (χ2v) is 10.3. The molecule has 150 valence electrons. The third-order valence-electron chi connectivity index (χ3n) is 4.45. The van der Waals surface area contributed by atoms with Crippen LogP contribution in [-0.4, -0.2) is 38.5 Å². The van der Waals surface area contributed by atoms with E-state index in [2.05, 4.69) is 52.9 Å². The highest BCUT2D eigenvalue weighted by Crippen LogP contribution is 2.20. The van der Waals surface area contributed by atoms with Gasteiger partial charge in [-0.2, -0.15) is 0 Å². The van der Waals surface area contributed by atoms with Crippen molar-refractivity contribution >= 4 is 50.5 Å². The molecule has 0 heterocycles. The Labute approximate surface area is 180 Å². The van der Waals surface area contributed by atoms with Crippen LogP contribution in [0.1, 0.15) is 39.3 Å². The van der Waals surface area contributed by atoms with Crippen molar-refractivity contribution in [1.29, 1.82) is 0 Å². The van der Waals surface area contributed by atoms with Crippen LogP contribution in [0, 0.1) is 0 Å². The Balaban J connectivity index is 0.00000364. The van der Waals surface area contributed by atoms with Gasteiger partial charge in [-0.1, -0.05) is 36.4 Å². The maximum absolute atomic E-state index is 12.2. The zero-order valence-corrected chi connectivity index (χ0v) is 19.8. The highest BCUT2D eigenvalue weighted by atomic mass is 127. The summed E-state index contributed by atoms with van der Waals surface area (Å²) in [5.74, 6) is 0.663. The molecule has 0 saturated heterocycles. The van der Waals surface area contributed by atoms with Gasteiger partial charge in [-0.15, -0.1) is 24.0 Å². The Kier molecular flexibility index (Phi) is 8.53. The third-order valence-corrected chi connectivity index (χ3v) is 7.05. The zero-order valence-electron chi connectivity index (χ0n) is 16.6. The van der Waals surface area contributed by atoms with Gasteiger partial charge in [-0.05, 0) is 50.1 Å². The number of halogens is 1. The average molecular weight is 503 g/mol. The molecule has 0 aliphatic rings. The van der Waals surface area contributed by atoms with E-state index in [9.17, 15) is 8.42 Å². The average Bonchev–Trinajstić information content (AvgIpc) is 2.59. The lowest BCUT2D eigenvalue weighted by Gasteiger charge is -2.21. The molecule has 0 aromatic heterocycles. The summed E-state index contributed by atoms with van der Waals surface area (Å²) in [7, 11) is -1.47. The number of aliphatic imine (C=N–C) groups is 1. The Morgan fingerprint density at radius 3 is 2.33 bits per heavy atom. The lowest BCUT2D eigenvalue weighted by atomic mass is 10.0. The highest BCUT2D eigenvalue weighted by molar-refractivity contribution is 14.0. The molecule has 0 fully saturated rings. The molecule has 2 N–H and O–H groups in total. The molecule has 2 aromatic carbocycles. The first-order valence-electron chi connectivity index (χ1n) is 8.82. The number of hydrogen-bond donors (Lipinski definition) is 2. The number of rotatable bonds is 5. The van der Waals surface area contributed by atoms with Crippen LogP contribution in [0.4, 0.5) is 0 Å².